The summed E-state index contributed by atoms with van der Waals surface area (Å²) in [6, 6.07) is 24.5. The predicted octanol–water partition coefficient (Wildman–Crippen LogP) is 5.60. The maximum atomic E-state index is 13.3. The fraction of sp³-hybridized carbons (Fsp3) is 0.172. The summed E-state index contributed by atoms with van der Waals surface area (Å²) >= 11 is 0. The Bertz CT molecular complexity index is 1750. The Morgan fingerprint density at radius 1 is 0.553 bits per heavy atom. The van der Waals surface area contributed by atoms with Gasteiger partial charge in [-0.15, -0.1) is 0 Å². The number of hydrogen-bond acceptors (Lipinski definition) is 4. The van der Waals surface area contributed by atoms with E-state index in [1.54, 1.807) is 60.7 Å². The molecule has 7 nitrogen and oxygen atoms in total. The van der Waals surface area contributed by atoms with E-state index in [9.17, 15) is 16.8 Å². The van der Waals surface area contributed by atoms with Crippen molar-refractivity contribution in [2.24, 2.45) is 7.05 Å². The molecule has 0 unspecified atom stereocenters. The van der Waals surface area contributed by atoms with Crippen molar-refractivity contribution in [1.82, 2.24) is 4.57 Å². The molecule has 0 aliphatic carbocycles. The van der Waals surface area contributed by atoms with Gasteiger partial charge in [-0.2, -0.15) is 0 Å². The molecule has 1 heterocycles. The van der Waals surface area contributed by atoms with E-state index < -0.39 is 20.0 Å². The highest BCUT2D eigenvalue weighted by Gasteiger charge is 2.24. The number of anilines is 2. The molecule has 0 saturated heterocycles. The van der Waals surface area contributed by atoms with Crippen molar-refractivity contribution >= 4 is 53.2 Å². The molecule has 196 valence electrons. The molecule has 0 atom stereocenters. The third kappa shape index (κ3) is 4.21. The van der Waals surface area contributed by atoms with E-state index in [-0.39, 0.29) is 9.79 Å². The molecule has 0 amide bonds. The van der Waals surface area contributed by atoms with Gasteiger partial charge in [-0.3, -0.25) is 8.61 Å². The molecular weight excluding hydrogens is 518 g/mol. The summed E-state index contributed by atoms with van der Waals surface area (Å²) < 4.78 is 57.8. The standard InChI is InChI=1S/C29H29N3O4S2/c1-20-6-12-24(13-7-20)37(33,34)31(4)22-10-16-28-26(18-22)27-19-23(11-17-29(27)30(28)3)32(5)38(35,36)25-14-8-21(2)9-15-25/h6-19H,1-5H3. The molecule has 5 aromatic rings. The minimum absolute atomic E-state index is 0.217. The monoisotopic (exact) mass is 547 g/mol. The number of rotatable bonds is 6. The molecule has 9 heteroatoms. The molecule has 0 spiro atoms. The lowest BCUT2D eigenvalue weighted by atomic mass is 10.1. The summed E-state index contributed by atoms with van der Waals surface area (Å²) in [4.78, 5) is 0.433. The summed E-state index contributed by atoms with van der Waals surface area (Å²) in [6.45, 7) is 3.82. The molecule has 5 rings (SSSR count). The zero-order valence-corrected chi connectivity index (χ0v) is 23.5. The lowest BCUT2D eigenvalue weighted by Gasteiger charge is -2.20. The van der Waals surface area contributed by atoms with E-state index in [0.29, 0.717) is 11.4 Å². The molecule has 0 radical (unpaired) electrons. The van der Waals surface area contributed by atoms with Crippen molar-refractivity contribution in [3.63, 3.8) is 0 Å². The Morgan fingerprint density at radius 2 is 0.895 bits per heavy atom. The first kappa shape index (κ1) is 25.8. The number of fused-ring (bicyclic) bond motifs is 3. The van der Waals surface area contributed by atoms with Gasteiger partial charge in [-0.05, 0) is 74.5 Å². The molecule has 4 aromatic carbocycles. The number of aromatic nitrogens is 1. The van der Waals surface area contributed by atoms with Gasteiger partial charge in [0, 0.05) is 42.9 Å². The van der Waals surface area contributed by atoms with E-state index in [1.165, 1.54) is 22.7 Å². The van der Waals surface area contributed by atoms with Gasteiger partial charge in [0.05, 0.1) is 21.2 Å². The van der Waals surface area contributed by atoms with Gasteiger partial charge in [0.25, 0.3) is 20.0 Å². The maximum absolute atomic E-state index is 13.3. The molecule has 0 N–H and O–H groups in total. The Labute approximate surface area is 223 Å². The van der Waals surface area contributed by atoms with Gasteiger partial charge in [0.1, 0.15) is 0 Å². The van der Waals surface area contributed by atoms with Gasteiger partial charge in [-0.25, -0.2) is 16.8 Å². The van der Waals surface area contributed by atoms with Gasteiger partial charge < -0.3 is 4.57 Å². The molecule has 0 aliphatic rings. The second-order valence-corrected chi connectivity index (χ2v) is 13.5. The van der Waals surface area contributed by atoms with Crippen LogP contribution in [0.5, 0.6) is 0 Å². The second kappa shape index (κ2) is 9.18. The zero-order valence-electron chi connectivity index (χ0n) is 21.9. The van der Waals surface area contributed by atoms with E-state index in [0.717, 1.165) is 32.9 Å². The number of hydrogen-bond donors (Lipinski definition) is 0. The normalized spacial score (nSPS) is 12.2. The van der Waals surface area contributed by atoms with Gasteiger partial charge >= 0.3 is 0 Å². The molecule has 0 bridgehead atoms. The van der Waals surface area contributed by atoms with Crippen molar-refractivity contribution in [3.05, 3.63) is 96.1 Å². The molecule has 0 aliphatic heterocycles. The summed E-state index contributed by atoms with van der Waals surface area (Å²) in [6.07, 6.45) is 0. The molecule has 0 saturated carbocycles. The van der Waals surface area contributed by atoms with E-state index >= 15 is 0 Å². The lowest BCUT2D eigenvalue weighted by molar-refractivity contribution is 0.592. The summed E-state index contributed by atoms with van der Waals surface area (Å²) in [7, 11) is -2.51. The second-order valence-electron chi connectivity index (χ2n) is 9.53. The first-order chi connectivity index (χ1) is 17.9. The van der Waals surface area contributed by atoms with Crippen LogP contribution in [0, 0.1) is 13.8 Å². The smallest absolute Gasteiger partial charge is 0.264 e. The fourth-order valence-electron chi connectivity index (χ4n) is 4.60. The molecular formula is C29H29N3O4S2. The molecule has 1 aromatic heterocycles. The number of aryl methyl sites for hydroxylation is 3. The van der Waals surface area contributed by atoms with Crippen LogP contribution >= 0.6 is 0 Å². The van der Waals surface area contributed by atoms with Crippen molar-refractivity contribution in [1.29, 1.82) is 0 Å². The third-order valence-electron chi connectivity index (χ3n) is 7.06. The van der Waals surface area contributed by atoms with Gasteiger partial charge in [0.2, 0.25) is 0 Å². The summed E-state index contributed by atoms with van der Waals surface area (Å²) in [5, 5.41) is 1.66. The number of sulfonamides is 2. The maximum Gasteiger partial charge on any atom is 0.264 e. The van der Waals surface area contributed by atoms with Crippen LogP contribution in [0.3, 0.4) is 0 Å². The predicted molar refractivity (Wildman–Crippen MR) is 154 cm³/mol. The van der Waals surface area contributed by atoms with Crippen LogP contribution in [0.4, 0.5) is 11.4 Å². The largest absolute Gasteiger partial charge is 0.344 e. The molecule has 38 heavy (non-hydrogen) atoms. The highest BCUT2D eigenvalue weighted by atomic mass is 32.2. The van der Waals surface area contributed by atoms with Crippen LogP contribution in [0.2, 0.25) is 0 Å². The van der Waals surface area contributed by atoms with Crippen molar-refractivity contribution in [2.75, 3.05) is 22.7 Å². The Balaban J connectivity index is 1.60. The van der Waals surface area contributed by atoms with Gasteiger partial charge in [0.15, 0.2) is 0 Å². The van der Waals surface area contributed by atoms with E-state index in [2.05, 4.69) is 0 Å². The Hall–Kier alpha value is -3.82. The first-order valence-electron chi connectivity index (χ1n) is 12.0. The minimum Gasteiger partial charge on any atom is -0.344 e. The highest BCUT2D eigenvalue weighted by molar-refractivity contribution is 7.93. The fourth-order valence-corrected chi connectivity index (χ4v) is 6.97. The van der Waals surface area contributed by atoms with Crippen LogP contribution < -0.4 is 8.61 Å². The summed E-state index contributed by atoms with van der Waals surface area (Å²) in [5.74, 6) is 0. The zero-order chi connectivity index (χ0) is 27.4. The summed E-state index contributed by atoms with van der Waals surface area (Å²) in [5.41, 5.74) is 4.80. The van der Waals surface area contributed by atoms with Crippen molar-refractivity contribution < 1.29 is 16.8 Å². The molecule has 0 fully saturated rings. The average Bonchev–Trinajstić information content (AvgIpc) is 3.18. The van der Waals surface area contributed by atoms with Crippen LogP contribution in [0.25, 0.3) is 21.8 Å². The Morgan fingerprint density at radius 3 is 1.24 bits per heavy atom. The van der Waals surface area contributed by atoms with Gasteiger partial charge in [-0.1, -0.05) is 35.4 Å². The minimum atomic E-state index is -3.76. The Kier molecular flexibility index (Phi) is 6.24. The lowest BCUT2D eigenvalue weighted by Crippen LogP contribution is -2.26. The third-order valence-corrected chi connectivity index (χ3v) is 10.7. The van der Waals surface area contributed by atoms with Crippen LogP contribution in [0.1, 0.15) is 11.1 Å². The highest BCUT2D eigenvalue weighted by Crippen LogP contribution is 2.35. The van der Waals surface area contributed by atoms with Crippen LogP contribution in [-0.2, 0) is 27.1 Å². The van der Waals surface area contributed by atoms with Crippen LogP contribution in [-0.4, -0.2) is 35.5 Å². The SMILES string of the molecule is Cc1ccc(S(=O)(=O)N(C)c2ccc3c(c2)c2cc(N(C)S(=O)(=O)c4ccc(C)cc4)ccc2n3C)cc1. The quantitative estimate of drug-likeness (QED) is 0.277. The number of benzene rings is 4. The van der Waals surface area contributed by atoms with Crippen LogP contribution in [0.15, 0.2) is 94.7 Å². The topological polar surface area (TPSA) is 79.7 Å². The van der Waals surface area contributed by atoms with E-state index in [4.69, 9.17) is 0 Å². The first-order valence-corrected chi connectivity index (χ1v) is 14.9. The average molecular weight is 548 g/mol. The number of nitrogens with zero attached hydrogens (tertiary/aromatic N) is 3. The van der Waals surface area contributed by atoms with Crippen molar-refractivity contribution in [3.8, 4) is 0 Å². The van der Waals surface area contributed by atoms with E-state index in [1.807, 2.05) is 49.7 Å². The van der Waals surface area contributed by atoms with Crippen molar-refractivity contribution in [2.45, 2.75) is 23.6 Å².